The number of nitrogen functional groups attached to an aromatic ring is 1. The van der Waals surface area contributed by atoms with E-state index in [9.17, 15) is 9.59 Å². The van der Waals surface area contributed by atoms with Crippen molar-refractivity contribution in [3.05, 3.63) is 41.6 Å². The molecule has 0 spiro atoms. The Kier molecular flexibility index (Phi) is 6.48. The predicted molar refractivity (Wildman–Crippen MR) is 108 cm³/mol. The van der Waals surface area contributed by atoms with E-state index in [1.165, 1.54) is 13.3 Å². The summed E-state index contributed by atoms with van der Waals surface area (Å²) in [6, 6.07) is 7.03. The Bertz CT molecular complexity index is 881. The molecule has 154 valence electrons. The number of carbonyl (C=O) groups is 2. The van der Waals surface area contributed by atoms with E-state index in [1.807, 2.05) is 0 Å². The van der Waals surface area contributed by atoms with Gasteiger partial charge in [0, 0.05) is 25.3 Å². The molecule has 2 aromatic rings. The highest BCUT2D eigenvalue weighted by atomic mass is 16.6. The summed E-state index contributed by atoms with van der Waals surface area (Å²) in [6.45, 7) is 3.34. The van der Waals surface area contributed by atoms with Gasteiger partial charge in [-0.2, -0.15) is 4.98 Å². The summed E-state index contributed by atoms with van der Waals surface area (Å²) in [6.07, 6.45) is 2.62. The molecule has 0 atom stereocenters. The van der Waals surface area contributed by atoms with Crippen LogP contribution < -0.4 is 15.8 Å². The van der Waals surface area contributed by atoms with Crippen LogP contribution in [0.4, 0.5) is 16.6 Å². The molecule has 1 aliphatic heterocycles. The summed E-state index contributed by atoms with van der Waals surface area (Å²) in [7, 11) is 1.51. The van der Waals surface area contributed by atoms with Gasteiger partial charge < -0.3 is 25.4 Å². The number of methoxy groups -OCH3 is 1. The van der Waals surface area contributed by atoms with Crippen molar-refractivity contribution in [2.24, 2.45) is 0 Å². The van der Waals surface area contributed by atoms with Gasteiger partial charge in [0.05, 0.1) is 24.8 Å². The molecule has 0 saturated carbocycles. The van der Waals surface area contributed by atoms with Crippen LogP contribution in [0, 0.1) is 0 Å². The first-order valence-corrected chi connectivity index (χ1v) is 9.52. The fourth-order valence-corrected chi connectivity index (χ4v) is 3.22. The molecule has 0 radical (unpaired) electrons. The van der Waals surface area contributed by atoms with Gasteiger partial charge in [0.1, 0.15) is 11.6 Å². The Morgan fingerprint density at radius 2 is 1.97 bits per heavy atom. The second kappa shape index (κ2) is 9.22. The number of amides is 1. The molecule has 1 fully saturated rings. The molecular weight excluding hydrogens is 374 g/mol. The standard InChI is InChI=1S/C20H25N5O4/c1-3-29-20(27)25-10-8-13(9-11-25)23-19-22-12-15(18(21)24-19)17(26)14-6-4-5-7-16(14)28-2/h4-7,12-13H,3,8-11H2,1-2H3,(H3,21,22,23,24). The van der Waals surface area contributed by atoms with Crippen LogP contribution in [0.3, 0.4) is 0 Å². The summed E-state index contributed by atoms with van der Waals surface area (Å²) in [5.74, 6) is 0.623. The fourth-order valence-electron chi connectivity index (χ4n) is 3.22. The van der Waals surface area contributed by atoms with E-state index in [4.69, 9.17) is 15.2 Å². The minimum absolute atomic E-state index is 0.0994. The molecule has 1 saturated heterocycles. The van der Waals surface area contributed by atoms with E-state index in [1.54, 1.807) is 36.1 Å². The van der Waals surface area contributed by atoms with Crippen molar-refractivity contribution in [1.29, 1.82) is 0 Å². The first-order chi connectivity index (χ1) is 14.0. The molecule has 9 heteroatoms. The molecule has 0 unspecified atom stereocenters. The molecule has 0 aliphatic carbocycles. The monoisotopic (exact) mass is 399 g/mol. The number of ether oxygens (including phenoxy) is 2. The van der Waals surface area contributed by atoms with Gasteiger partial charge in [0.25, 0.3) is 0 Å². The number of nitrogens with one attached hydrogen (secondary N) is 1. The SMILES string of the molecule is CCOC(=O)N1CCC(Nc2ncc(C(=O)c3ccccc3OC)c(N)n2)CC1. The lowest BCUT2D eigenvalue weighted by atomic mass is 10.0. The van der Waals surface area contributed by atoms with Crippen LogP contribution in [0.25, 0.3) is 0 Å². The average Bonchev–Trinajstić information content (AvgIpc) is 2.74. The first kappa shape index (κ1) is 20.4. The minimum atomic E-state index is -0.297. The van der Waals surface area contributed by atoms with E-state index in [0.717, 1.165) is 12.8 Å². The predicted octanol–water partition coefficient (Wildman–Crippen LogP) is 2.33. The van der Waals surface area contributed by atoms with Gasteiger partial charge in [-0.3, -0.25) is 4.79 Å². The molecule has 0 bridgehead atoms. The summed E-state index contributed by atoms with van der Waals surface area (Å²) in [5, 5.41) is 3.22. The van der Waals surface area contributed by atoms with Crippen LogP contribution in [-0.4, -0.2) is 59.6 Å². The number of carbonyl (C=O) groups excluding carboxylic acids is 2. The average molecular weight is 399 g/mol. The second-order valence-corrected chi connectivity index (χ2v) is 6.63. The molecule has 3 rings (SSSR count). The van der Waals surface area contributed by atoms with Gasteiger partial charge in [-0.25, -0.2) is 9.78 Å². The van der Waals surface area contributed by atoms with Crippen LogP contribution in [-0.2, 0) is 4.74 Å². The number of rotatable bonds is 6. The lowest BCUT2D eigenvalue weighted by Gasteiger charge is -2.31. The zero-order chi connectivity index (χ0) is 20.8. The zero-order valence-corrected chi connectivity index (χ0v) is 16.6. The molecule has 29 heavy (non-hydrogen) atoms. The molecule has 1 aromatic carbocycles. The smallest absolute Gasteiger partial charge is 0.409 e. The molecule has 1 aliphatic rings. The van der Waals surface area contributed by atoms with Crippen molar-refractivity contribution in [3.8, 4) is 5.75 Å². The third-order valence-electron chi connectivity index (χ3n) is 4.77. The highest BCUT2D eigenvalue weighted by Gasteiger charge is 2.24. The molecule has 3 N–H and O–H groups in total. The molecule has 2 heterocycles. The summed E-state index contributed by atoms with van der Waals surface area (Å²) >= 11 is 0. The van der Waals surface area contributed by atoms with Gasteiger partial charge in [0.2, 0.25) is 11.7 Å². The van der Waals surface area contributed by atoms with Gasteiger partial charge in [-0.15, -0.1) is 0 Å². The highest BCUT2D eigenvalue weighted by molar-refractivity contribution is 6.13. The van der Waals surface area contributed by atoms with E-state index < -0.39 is 0 Å². The topological polar surface area (TPSA) is 120 Å². The van der Waals surface area contributed by atoms with Crippen LogP contribution >= 0.6 is 0 Å². The maximum atomic E-state index is 12.8. The molecule has 1 amide bonds. The maximum absolute atomic E-state index is 12.8. The van der Waals surface area contributed by atoms with E-state index in [-0.39, 0.29) is 29.3 Å². The fraction of sp³-hybridized carbons (Fsp3) is 0.400. The van der Waals surface area contributed by atoms with Gasteiger partial charge >= 0.3 is 6.09 Å². The van der Waals surface area contributed by atoms with Crippen molar-refractivity contribution in [1.82, 2.24) is 14.9 Å². The van der Waals surface area contributed by atoms with Gasteiger partial charge in [0.15, 0.2) is 0 Å². The number of piperidine rings is 1. The number of nitrogens with two attached hydrogens (primary N) is 1. The van der Waals surface area contributed by atoms with Crippen LogP contribution in [0.5, 0.6) is 5.75 Å². The Hall–Kier alpha value is -3.36. The largest absolute Gasteiger partial charge is 0.496 e. The Morgan fingerprint density at radius 1 is 1.24 bits per heavy atom. The number of aromatic nitrogens is 2. The quantitative estimate of drug-likeness (QED) is 0.710. The number of likely N-dealkylation sites (tertiary alicyclic amines) is 1. The number of ketones is 1. The van der Waals surface area contributed by atoms with E-state index >= 15 is 0 Å². The first-order valence-electron chi connectivity index (χ1n) is 9.52. The Morgan fingerprint density at radius 3 is 2.62 bits per heavy atom. The lowest BCUT2D eigenvalue weighted by molar-refractivity contribution is 0.0982. The van der Waals surface area contributed by atoms with Crippen molar-refractivity contribution < 1.29 is 19.1 Å². The van der Waals surface area contributed by atoms with E-state index in [0.29, 0.717) is 37.0 Å². The molecular formula is C20H25N5O4. The zero-order valence-electron chi connectivity index (χ0n) is 16.6. The van der Waals surface area contributed by atoms with Crippen LogP contribution in [0.15, 0.2) is 30.5 Å². The molecule has 1 aromatic heterocycles. The summed E-state index contributed by atoms with van der Waals surface area (Å²) in [5.41, 5.74) is 6.65. The van der Waals surface area contributed by atoms with Crippen molar-refractivity contribution >= 4 is 23.6 Å². The third kappa shape index (κ3) is 4.74. The second-order valence-electron chi connectivity index (χ2n) is 6.63. The van der Waals surface area contributed by atoms with Gasteiger partial charge in [-0.1, -0.05) is 12.1 Å². The normalized spacial score (nSPS) is 14.3. The Balaban J connectivity index is 1.65. The van der Waals surface area contributed by atoms with Crippen molar-refractivity contribution in [2.45, 2.75) is 25.8 Å². The summed E-state index contributed by atoms with van der Waals surface area (Å²) in [4.78, 5) is 34.7. The number of benzene rings is 1. The van der Waals surface area contributed by atoms with Gasteiger partial charge in [-0.05, 0) is 31.9 Å². The summed E-state index contributed by atoms with van der Waals surface area (Å²) < 4.78 is 10.3. The third-order valence-corrected chi connectivity index (χ3v) is 4.77. The number of hydrogen-bond acceptors (Lipinski definition) is 8. The van der Waals surface area contributed by atoms with Crippen LogP contribution in [0.1, 0.15) is 35.7 Å². The number of anilines is 2. The number of para-hydroxylation sites is 1. The minimum Gasteiger partial charge on any atom is -0.496 e. The Labute approximate surface area is 169 Å². The number of nitrogens with zero attached hydrogens (tertiary/aromatic N) is 3. The highest BCUT2D eigenvalue weighted by Crippen LogP contribution is 2.24. The van der Waals surface area contributed by atoms with Crippen LogP contribution in [0.2, 0.25) is 0 Å². The lowest BCUT2D eigenvalue weighted by Crippen LogP contribution is -2.42. The van der Waals surface area contributed by atoms with Crippen molar-refractivity contribution in [3.63, 3.8) is 0 Å². The van der Waals surface area contributed by atoms with E-state index in [2.05, 4.69) is 15.3 Å². The number of hydrogen-bond donors (Lipinski definition) is 2. The maximum Gasteiger partial charge on any atom is 0.409 e. The van der Waals surface area contributed by atoms with Crippen molar-refractivity contribution in [2.75, 3.05) is 37.9 Å². The molecule has 9 nitrogen and oxygen atoms in total.